The number of imidazole rings is 1. The van der Waals surface area contributed by atoms with Crippen LogP contribution in [-0.2, 0) is 21.2 Å². The molecular weight excluding hydrogens is 384 g/mol. The smallest absolute Gasteiger partial charge is 0.243 e. The summed E-state index contributed by atoms with van der Waals surface area (Å²) in [5, 5.41) is 4.73. The Hall–Kier alpha value is -2.23. The summed E-state index contributed by atoms with van der Waals surface area (Å²) in [7, 11) is -3.50. The maximum absolute atomic E-state index is 12.5. The van der Waals surface area contributed by atoms with E-state index >= 15 is 0 Å². The second kappa shape index (κ2) is 7.79. The highest BCUT2D eigenvalue weighted by Crippen LogP contribution is 2.20. The van der Waals surface area contributed by atoms with Crippen LogP contribution in [0.2, 0.25) is 0 Å². The van der Waals surface area contributed by atoms with Crippen LogP contribution >= 0.6 is 11.3 Å². The lowest BCUT2D eigenvalue weighted by atomic mass is 10.3. The molecule has 0 aliphatic rings. The van der Waals surface area contributed by atoms with Gasteiger partial charge in [-0.2, -0.15) is 4.31 Å². The van der Waals surface area contributed by atoms with Crippen LogP contribution < -0.4 is 5.32 Å². The SMILES string of the molecule is CCN(CC)S(=O)(=O)c1ccc(NC(=O)Cc2csc3nc(C)cn23)cc1. The van der Waals surface area contributed by atoms with Crippen molar-refractivity contribution in [3.8, 4) is 0 Å². The van der Waals surface area contributed by atoms with E-state index in [0.717, 1.165) is 16.3 Å². The van der Waals surface area contributed by atoms with Gasteiger partial charge in [0.2, 0.25) is 15.9 Å². The molecule has 0 aliphatic heterocycles. The quantitative estimate of drug-likeness (QED) is 0.654. The molecule has 0 radical (unpaired) electrons. The second-order valence-electron chi connectivity index (χ2n) is 6.10. The fraction of sp³-hybridized carbons (Fsp3) is 0.333. The van der Waals surface area contributed by atoms with Crippen LogP contribution in [0.4, 0.5) is 5.69 Å². The lowest BCUT2D eigenvalue weighted by Gasteiger charge is -2.18. The third-order valence-corrected chi connectivity index (χ3v) is 7.18. The van der Waals surface area contributed by atoms with Gasteiger partial charge in [-0.15, -0.1) is 11.3 Å². The summed E-state index contributed by atoms with van der Waals surface area (Å²) >= 11 is 1.50. The molecule has 2 heterocycles. The van der Waals surface area contributed by atoms with Crippen molar-refractivity contribution in [1.82, 2.24) is 13.7 Å². The van der Waals surface area contributed by atoms with Crippen molar-refractivity contribution in [3.05, 3.63) is 47.2 Å². The predicted octanol–water partition coefficient (Wildman–Crippen LogP) is 2.92. The number of sulfonamides is 1. The molecule has 3 aromatic rings. The standard InChI is InChI=1S/C18H22N4O3S2/c1-4-21(5-2)27(24,25)16-8-6-14(7-9-16)20-17(23)10-15-12-26-18-19-13(3)11-22(15)18/h6-9,11-12H,4-5,10H2,1-3H3,(H,20,23). The number of carbonyl (C=O) groups is 1. The van der Waals surface area contributed by atoms with E-state index in [-0.39, 0.29) is 17.2 Å². The van der Waals surface area contributed by atoms with Crippen molar-refractivity contribution >= 4 is 37.9 Å². The van der Waals surface area contributed by atoms with E-state index < -0.39 is 10.0 Å². The molecule has 0 aliphatic carbocycles. The number of benzene rings is 1. The number of fused-ring (bicyclic) bond motifs is 1. The molecule has 0 saturated heterocycles. The molecule has 9 heteroatoms. The van der Waals surface area contributed by atoms with Gasteiger partial charge in [-0.1, -0.05) is 13.8 Å². The van der Waals surface area contributed by atoms with Gasteiger partial charge in [0.25, 0.3) is 0 Å². The number of nitrogens with one attached hydrogen (secondary N) is 1. The van der Waals surface area contributed by atoms with Crippen LogP contribution in [0.1, 0.15) is 25.2 Å². The molecule has 7 nitrogen and oxygen atoms in total. The van der Waals surface area contributed by atoms with Crippen LogP contribution in [0.3, 0.4) is 0 Å². The normalized spacial score (nSPS) is 12.0. The molecule has 1 aromatic carbocycles. The van der Waals surface area contributed by atoms with Gasteiger partial charge in [-0.25, -0.2) is 13.4 Å². The number of aromatic nitrogens is 2. The lowest BCUT2D eigenvalue weighted by molar-refractivity contribution is -0.115. The fourth-order valence-corrected chi connectivity index (χ4v) is 5.24. The van der Waals surface area contributed by atoms with E-state index in [4.69, 9.17) is 0 Å². The summed E-state index contributed by atoms with van der Waals surface area (Å²) in [6, 6.07) is 6.26. The zero-order chi connectivity index (χ0) is 19.6. The predicted molar refractivity (Wildman–Crippen MR) is 107 cm³/mol. The summed E-state index contributed by atoms with van der Waals surface area (Å²) in [6.07, 6.45) is 2.12. The first-order chi connectivity index (χ1) is 12.8. The number of anilines is 1. The van der Waals surface area contributed by atoms with Crippen LogP contribution in [-0.4, -0.2) is 41.1 Å². The highest BCUT2D eigenvalue weighted by molar-refractivity contribution is 7.89. The molecule has 144 valence electrons. The Labute approximate surface area is 162 Å². The molecule has 0 spiro atoms. The highest BCUT2D eigenvalue weighted by atomic mass is 32.2. The van der Waals surface area contributed by atoms with Crippen molar-refractivity contribution in [3.63, 3.8) is 0 Å². The topological polar surface area (TPSA) is 83.8 Å². The Morgan fingerprint density at radius 3 is 2.52 bits per heavy atom. The Morgan fingerprint density at radius 2 is 1.89 bits per heavy atom. The monoisotopic (exact) mass is 406 g/mol. The molecule has 0 fully saturated rings. The Bertz CT molecular complexity index is 1050. The first kappa shape index (κ1) is 19.5. The van der Waals surface area contributed by atoms with Crippen LogP contribution in [0, 0.1) is 6.92 Å². The van der Waals surface area contributed by atoms with Gasteiger partial charge < -0.3 is 5.32 Å². The summed E-state index contributed by atoms with van der Waals surface area (Å²) < 4.78 is 28.3. The summed E-state index contributed by atoms with van der Waals surface area (Å²) in [4.78, 5) is 17.8. The van der Waals surface area contributed by atoms with Crippen molar-refractivity contribution in [2.75, 3.05) is 18.4 Å². The summed E-state index contributed by atoms with van der Waals surface area (Å²) in [5.74, 6) is -0.166. The molecule has 27 heavy (non-hydrogen) atoms. The molecule has 0 unspecified atom stereocenters. The van der Waals surface area contributed by atoms with Crippen molar-refractivity contribution in [1.29, 1.82) is 0 Å². The van der Waals surface area contributed by atoms with Crippen LogP contribution in [0.25, 0.3) is 4.96 Å². The Balaban J connectivity index is 1.70. The molecule has 0 saturated carbocycles. The molecule has 2 aromatic heterocycles. The molecular formula is C18H22N4O3S2. The van der Waals surface area contributed by atoms with Gasteiger partial charge in [-0.3, -0.25) is 9.20 Å². The van der Waals surface area contributed by atoms with Crippen LogP contribution in [0.5, 0.6) is 0 Å². The highest BCUT2D eigenvalue weighted by Gasteiger charge is 2.21. The number of hydrogen-bond donors (Lipinski definition) is 1. The van der Waals surface area contributed by atoms with E-state index in [0.29, 0.717) is 18.8 Å². The van der Waals surface area contributed by atoms with Crippen molar-refractivity contribution in [2.45, 2.75) is 32.1 Å². The number of rotatable bonds is 7. The van der Waals surface area contributed by atoms with Gasteiger partial charge in [0.05, 0.1) is 17.0 Å². The minimum atomic E-state index is -3.50. The number of carbonyl (C=O) groups excluding carboxylic acids is 1. The van der Waals surface area contributed by atoms with E-state index in [9.17, 15) is 13.2 Å². The van der Waals surface area contributed by atoms with E-state index in [2.05, 4.69) is 10.3 Å². The van der Waals surface area contributed by atoms with Gasteiger partial charge in [-0.05, 0) is 31.2 Å². The second-order valence-corrected chi connectivity index (χ2v) is 8.88. The van der Waals surface area contributed by atoms with Crippen molar-refractivity contribution in [2.24, 2.45) is 0 Å². The molecule has 0 bridgehead atoms. The Morgan fingerprint density at radius 1 is 1.22 bits per heavy atom. The van der Waals surface area contributed by atoms with E-state index in [1.54, 1.807) is 26.0 Å². The van der Waals surface area contributed by atoms with E-state index in [1.165, 1.54) is 27.8 Å². The third-order valence-electron chi connectivity index (χ3n) is 4.23. The zero-order valence-electron chi connectivity index (χ0n) is 15.5. The number of hydrogen-bond acceptors (Lipinski definition) is 5. The fourth-order valence-electron chi connectivity index (χ4n) is 2.86. The maximum Gasteiger partial charge on any atom is 0.243 e. The number of nitrogens with zero attached hydrogens (tertiary/aromatic N) is 3. The lowest BCUT2D eigenvalue weighted by Crippen LogP contribution is -2.30. The largest absolute Gasteiger partial charge is 0.326 e. The number of thiazole rings is 1. The third kappa shape index (κ3) is 4.05. The summed E-state index contributed by atoms with van der Waals surface area (Å²) in [5.41, 5.74) is 2.34. The molecule has 1 amide bonds. The minimum Gasteiger partial charge on any atom is -0.326 e. The molecule has 0 atom stereocenters. The van der Waals surface area contributed by atoms with E-state index in [1.807, 2.05) is 22.9 Å². The van der Waals surface area contributed by atoms with Gasteiger partial charge >= 0.3 is 0 Å². The van der Waals surface area contributed by atoms with Gasteiger partial charge in [0.1, 0.15) is 0 Å². The van der Waals surface area contributed by atoms with Crippen molar-refractivity contribution < 1.29 is 13.2 Å². The molecule has 1 N–H and O–H groups in total. The average molecular weight is 407 g/mol. The maximum atomic E-state index is 12.5. The zero-order valence-corrected chi connectivity index (χ0v) is 17.1. The number of amides is 1. The minimum absolute atomic E-state index is 0.166. The average Bonchev–Trinajstić information content (AvgIpc) is 3.16. The Kier molecular flexibility index (Phi) is 5.64. The van der Waals surface area contributed by atoms with Crippen LogP contribution in [0.15, 0.2) is 40.7 Å². The molecule has 3 rings (SSSR count). The van der Waals surface area contributed by atoms with Gasteiger partial charge in [0.15, 0.2) is 4.96 Å². The van der Waals surface area contributed by atoms with Gasteiger partial charge in [0, 0.05) is 36.0 Å². The first-order valence-corrected chi connectivity index (χ1v) is 11.0. The summed E-state index contributed by atoms with van der Waals surface area (Å²) in [6.45, 7) is 6.36. The first-order valence-electron chi connectivity index (χ1n) is 8.67. The number of aryl methyl sites for hydroxylation is 1.